The number of likely N-dealkylation sites (tertiary alicyclic amines) is 1. The molecule has 116 valence electrons. The molecule has 1 saturated carbocycles. The lowest BCUT2D eigenvalue weighted by Gasteiger charge is -2.44. The summed E-state index contributed by atoms with van der Waals surface area (Å²) in [6.07, 6.45) is 10.1. The third-order valence-corrected chi connectivity index (χ3v) is 5.37. The summed E-state index contributed by atoms with van der Waals surface area (Å²) in [6.45, 7) is 4.29. The van der Waals surface area contributed by atoms with Gasteiger partial charge in [0.1, 0.15) is 12.4 Å². The van der Waals surface area contributed by atoms with Crippen LogP contribution >= 0.6 is 0 Å². The van der Waals surface area contributed by atoms with E-state index in [4.69, 9.17) is 10.5 Å². The van der Waals surface area contributed by atoms with Gasteiger partial charge in [-0.25, -0.2) is 0 Å². The minimum Gasteiger partial charge on any atom is -0.492 e. The summed E-state index contributed by atoms with van der Waals surface area (Å²) in [7, 11) is 0. The Morgan fingerprint density at radius 3 is 2.52 bits per heavy atom. The highest BCUT2D eigenvalue weighted by Crippen LogP contribution is 2.44. The van der Waals surface area contributed by atoms with E-state index in [1.165, 1.54) is 58.0 Å². The van der Waals surface area contributed by atoms with Crippen LogP contribution < -0.4 is 10.5 Å². The normalized spacial score (nSPS) is 22.3. The zero-order chi connectivity index (χ0) is 14.5. The van der Waals surface area contributed by atoms with E-state index in [2.05, 4.69) is 4.90 Å². The Morgan fingerprint density at radius 1 is 1.05 bits per heavy atom. The molecule has 0 radical (unpaired) electrons. The molecule has 1 aromatic carbocycles. The molecule has 0 unspecified atom stereocenters. The molecule has 1 saturated heterocycles. The van der Waals surface area contributed by atoms with Crippen LogP contribution in [0.5, 0.6) is 5.75 Å². The summed E-state index contributed by atoms with van der Waals surface area (Å²) in [5.41, 5.74) is 7.23. The molecule has 0 amide bonds. The molecule has 2 N–H and O–H groups in total. The highest BCUT2D eigenvalue weighted by Gasteiger charge is 2.35. The van der Waals surface area contributed by atoms with Crippen molar-refractivity contribution >= 4 is 5.69 Å². The molecular weight excluding hydrogens is 260 g/mol. The summed E-state index contributed by atoms with van der Waals surface area (Å²) < 4.78 is 5.80. The Morgan fingerprint density at radius 2 is 1.81 bits per heavy atom. The van der Waals surface area contributed by atoms with E-state index >= 15 is 0 Å². The van der Waals surface area contributed by atoms with Crippen LogP contribution in [0.4, 0.5) is 5.69 Å². The van der Waals surface area contributed by atoms with Crippen molar-refractivity contribution in [2.75, 3.05) is 32.0 Å². The van der Waals surface area contributed by atoms with Crippen molar-refractivity contribution in [3.8, 4) is 5.75 Å². The van der Waals surface area contributed by atoms with Crippen molar-refractivity contribution in [3.05, 3.63) is 24.3 Å². The van der Waals surface area contributed by atoms with Crippen LogP contribution in [0.15, 0.2) is 24.3 Å². The number of nitrogens with zero attached hydrogens (tertiary/aromatic N) is 1. The first-order chi connectivity index (χ1) is 10.3. The lowest BCUT2D eigenvalue weighted by atomic mass is 9.68. The molecule has 2 fully saturated rings. The number of benzene rings is 1. The average molecular weight is 288 g/mol. The van der Waals surface area contributed by atoms with Gasteiger partial charge in [-0.05, 0) is 56.3 Å². The Bertz CT molecular complexity index is 444. The van der Waals surface area contributed by atoms with Gasteiger partial charge in [-0.1, -0.05) is 25.3 Å². The van der Waals surface area contributed by atoms with Crippen LogP contribution in [-0.2, 0) is 0 Å². The predicted molar refractivity (Wildman–Crippen MR) is 87.5 cm³/mol. The maximum absolute atomic E-state index is 5.80. The molecule has 21 heavy (non-hydrogen) atoms. The van der Waals surface area contributed by atoms with Crippen LogP contribution in [-0.4, -0.2) is 31.1 Å². The van der Waals surface area contributed by atoms with E-state index in [1.807, 2.05) is 24.3 Å². The summed E-state index contributed by atoms with van der Waals surface area (Å²) in [5.74, 6) is 0.885. The van der Waals surface area contributed by atoms with E-state index in [0.29, 0.717) is 5.41 Å². The van der Waals surface area contributed by atoms with Gasteiger partial charge in [-0.2, -0.15) is 0 Å². The number of hydrogen-bond acceptors (Lipinski definition) is 3. The fraction of sp³-hybridized carbons (Fsp3) is 0.667. The number of anilines is 1. The topological polar surface area (TPSA) is 38.5 Å². The molecule has 1 aliphatic carbocycles. The highest BCUT2D eigenvalue weighted by molar-refractivity contribution is 5.43. The van der Waals surface area contributed by atoms with E-state index in [0.717, 1.165) is 24.6 Å². The summed E-state index contributed by atoms with van der Waals surface area (Å²) in [4.78, 5) is 2.56. The van der Waals surface area contributed by atoms with Crippen molar-refractivity contribution in [2.45, 2.75) is 44.9 Å². The van der Waals surface area contributed by atoms with E-state index in [-0.39, 0.29) is 0 Å². The second-order valence-electron chi connectivity index (χ2n) is 6.82. The fourth-order valence-electron chi connectivity index (χ4n) is 3.95. The lowest BCUT2D eigenvalue weighted by Crippen LogP contribution is -2.42. The van der Waals surface area contributed by atoms with Crippen LogP contribution in [0.25, 0.3) is 0 Å². The maximum Gasteiger partial charge on any atom is 0.121 e. The van der Waals surface area contributed by atoms with Crippen LogP contribution in [0.3, 0.4) is 0 Å². The fourth-order valence-corrected chi connectivity index (χ4v) is 3.95. The van der Waals surface area contributed by atoms with Gasteiger partial charge in [0.2, 0.25) is 0 Å². The molecule has 1 aromatic rings. The SMILES string of the molecule is Nc1cccc(OCCN2CCC3(CCCCC3)CC2)c1. The number of piperidine rings is 1. The van der Waals surface area contributed by atoms with Gasteiger partial charge in [0.05, 0.1) is 0 Å². The zero-order valence-electron chi connectivity index (χ0n) is 13.0. The highest BCUT2D eigenvalue weighted by atomic mass is 16.5. The second kappa shape index (κ2) is 6.69. The number of ether oxygens (including phenoxy) is 1. The first-order valence-electron chi connectivity index (χ1n) is 8.47. The maximum atomic E-state index is 5.80. The Kier molecular flexibility index (Phi) is 4.69. The standard InChI is InChI=1S/C18H28N2O/c19-16-5-4-6-17(15-16)21-14-13-20-11-9-18(10-12-20)7-2-1-3-8-18/h4-6,15H,1-3,7-14,19H2. The number of hydrogen-bond donors (Lipinski definition) is 1. The van der Waals surface area contributed by atoms with Gasteiger partial charge >= 0.3 is 0 Å². The molecule has 3 heteroatoms. The number of nitrogen functional groups attached to an aromatic ring is 1. The van der Waals surface area contributed by atoms with Crippen molar-refractivity contribution < 1.29 is 4.74 Å². The van der Waals surface area contributed by atoms with Crippen molar-refractivity contribution in [2.24, 2.45) is 5.41 Å². The minimum atomic E-state index is 0.698. The smallest absolute Gasteiger partial charge is 0.121 e. The Labute approximate surface area is 128 Å². The van der Waals surface area contributed by atoms with Gasteiger partial charge in [0.25, 0.3) is 0 Å². The van der Waals surface area contributed by atoms with E-state index in [1.54, 1.807) is 0 Å². The van der Waals surface area contributed by atoms with Crippen LogP contribution in [0, 0.1) is 5.41 Å². The Hall–Kier alpha value is -1.22. The van der Waals surface area contributed by atoms with Crippen LogP contribution in [0.2, 0.25) is 0 Å². The largest absolute Gasteiger partial charge is 0.492 e. The van der Waals surface area contributed by atoms with Gasteiger partial charge in [0, 0.05) is 18.3 Å². The quantitative estimate of drug-likeness (QED) is 0.859. The minimum absolute atomic E-state index is 0.698. The van der Waals surface area contributed by atoms with Gasteiger partial charge in [-0.3, -0.25) is 4.90 Å². The van der Waals surface area contributed by atoms with Crippen molar-refractivity contribution in [1.29, 1.82) is 0 Å². The average Bonchev–Trinajstić information content (AvgIpc) is 2.51. The first-order valence-corrected chi connectivity index (χ1v) is 8.47. The lowest BCUT2D eigenvalue weighted by molar-refractivity contribution is 0.0609. The Balaban J connectivity index is 1.39. The van der Waals surface area contributed by atoms with Gasteiger partial charge in [-0.15, -0.1) is 0 Å². The first kappa shape index (κ1) is 14.7. The second-order valence-corrected chi connectivity index (χ2v) is 6.82. The van der Waals surface area contributed by atoms with Gasteiger partial charge in [0.15, 0.2) is 0 Å². The summed E-state index contributed by atoms with van der Waals surface area (Å²) >= 11 is 0. The molecule has 1 aliphatic heterocycles. The van der Waals surface area contributed by atoms with E-state index < -0.39 is 0 Å². The van der Waals surface area contributed by atoms with Crippen LogP contribution in [0.1, 0.15) is 44.9 Å². The molecule has 0 atom stereocenters. The summed E-state index contributed by atoms with van der Waals surface area (Å²) in [6, 6.07) is 7.70. The molecule has 1 heterocycles. The third kappa shape index (κ3) is 3.91. The van der Waals surface area contributed by atoms with Crippen molar-refractivity contribution in [1.82, 2.24) is 4.90 Å². The summed E-state index contributed by atoms with van der Waals surface area (Å²) in [5, 5.41) is 0. The van der Waals surface area contributed by atoms with E-state index in [9.17, 15) is 0 Å². The third-order valence-electron chi connectivity index (χ3n) is 5.37. The van der Waals surface area contributed by atoms with Crippen molar-refractivity contribution in [3.63, 3.8) is 0 Å². The molecule has 3 nitrogen and oxygen atoms in total. The molecule has 1 spiro atoms. The number of rotatable bonds is 4. The van der Waals surface area contributed by atoms with Gasteiger partial charge < -0.3 is 10.5 Å². The molecular formula is C18H28N2O. The number of nitrogens with two attached hydrogens (primary N) is 1. The predicted octanol–water partition coefficient (Wildman–Crippen LogP) is 3.69. The monoisotopic (exact) mass is 288 g/mol. The zero-order valence-corrected chi connectivity index (χ0v) is 13.0. The molecule has 0 bridgehead atoms. The molecule has 2 aliphatic rings. The molecule has 0 aromatic heterocycles. The molecule has 3 rings (SSSR count).